The Kier molecular flexibility index (Phi) is 5.24. The number of nitrogens with zero attached hydrogens (tertiary/aromatic N) is 3. The van der Waals surface area contributed by atoms with Gasteiger partial charge in [-0.1, -0.05) is 18.2 Å². The number of hydrogen-bond acceptors (Lipinski definition) is 3. The highest BCUT2D eigenvalue weighted by Crippen LogP contribution is 2.09. The lowest BCUT2D eigenvalue weighted by molar-refractivity contribution is 0.520. The fourth-order valence-electron chi connectivity index (χ4n) is 2.23. The highest BCUT2D eigenvalue weighted by atomic mass is 19.1. The van der Waals surface area contributed by atoms with Crippen LogP contribution in [0.5, 0.6) is 0 Å². The quantitative estimate of drug-likeness (QED) is 0.843. The van der Waals surface area contributed by atoms with Gasteiger partial charge in [-0.05, 0) is 31.9 Å². The van der Waals surface area contributed by atoms with Gasteiger partial charge in [0.15, 0.2) is 0 Å². The van der Waals surface area contributed by atoms with Crippen molar-refractivity contribution in [3.8, 4) is 0 Å². The average molecular weight is 276 g/mol. The summed E-state index contributed by atoms with van der Waals surface area (Å²) in [4.78, 5) is 0. The molecule has 1 N–H and O–H groups in total. The summed E-state index contributed by atoms with van der Waals surface area (Å²) in [7, 11) is 0. The van der Waals surface area contributed by atoms with Gasteiger partial charge in [0.25, 0.3) is 0 Å². The molecule has 1 aromatic heterocycles. The summed E-state index contributed by atoms with van der Waals surface area (Å²) in [6, 6.07) is 7.15. The van der Waals surface area contributed by atoms with Crippen LogP contribution < -0.4 is 5.32 Å². The summed E-state index contributed by atoms with van der Waals surface area (Å²) in [5.74, 6) is 0.852. The second kappa shape index (κ2) is 7.14. The lowest BCUT2D eigenvalue weighted by Gasteiger charge is -2.14. The smallest absolute Gasteiger partial charge is 0.134 e. The van der Waals surface area contributed by atoms with Crippen molar-refractivity contribution in [2.24, 2.45) is 0 Å². The number of halogens is 1. The molecule has 2 aromatic rings. The molecule has 1 unspecified atom stereocenters. The molecular formula is C15H21FN4. The van der Waals surface area contributed by atoms with Crippen molar-refractivity contribution < 1.29 is 4.39 Å². The third-order valence-electron chi connectivity index (χ3n) is 3.36. The first-order valence-corrected chi connectivity index (χ1v) is 7.04. The van der Waals surface area contributed by atoms with Crippen LogP contribution in [0.1, 0.15) is 25.2 Å². The van der Waals surface area contributed by atoms with Gasteiger partial charge in [-0.3, -0.25) is 0 Å². The predicted molar refractivity (Wildman–Crippen MR) is 77.0 cm³/mol. The maximum Gasteiger partial charge on any atom is 0.134 e. The molecule has 0 fully saturated rings. The first kappa shape index (κ1) is 14.7. The average Bonchev–Trinajstić information content (AvgIpc) is 2.89. The van der Waals surface area contributed by atoms with E-state index in [1.807, 2.05) is 16.7 Å². The van der Waals surface area contributed by atoms with Gasteiger partial charge in [0, 0.05) is 25.6 Å². The summed E-state index contributed by atoms with van der Waals surface area (Å²) in [6.07, 6.45) is 3.26. The zero-order valence-corrected chi connectivity index (χ0v) is 12.0. The number of aromatic nitrogens is 3. The lowest BCUT2D eigenvalue weighted by Crippen LogP contribution is -2.30. The van der Waals surface area contributed by atoms with Gasteiger partial charge in [-0.25, -0.2) is 4.39 Å². The van der Waals surface area contributed by atoms with Crippen LogP contribution in [-0.4, -0.2) is 27.4 Å². The molecule has 108 valence electrons. The topological polar surface area (TPSA) is 42.7 Å². The number of rotatable bonds is 7. The summed E-state index contributed by atoms with van der Waals surface area (Å²) < 4.78 is 15.6. The predicted octanol–water partition coefficient (Wildman–Crippen LogP) is 2.20. The third kappa shape index (κ3) is 3.87. The van der Waals surface area contributed by atoms with Crippen LogP contribution in [0.25, 0.3) is 0 Å². The van der Waals surface area contributed by atoms with E-state index in [-0.39, 0.29) is 11.9 Å². The molecule has 1 aromatic carbocycles. The largest absolute Gasteiger partial charge is 0.318 e. The van der Waals surface area contributed by atoms with Crippen LogP contribution >= 0.6 is 0 Å². The minimum atomic E-state index is -0.133. The summed E-state index contributed by atoms with van der Waals surface area (Å²) in [5.41, 5.74) is 0.754. The molecule has 20 heavy (non-hydrogen) atoms. The molecule has 0 aliphatic heterocycles. The van der Waals surface area contributed by atoms with Gasteiger partial charge in [-0.2, -0.15) is 0 Å². The number of benzene rings is 1. The molecule has 0 radical (unpaired) electrons. The molecule has 5 heteroatoms. The lowest BCUT2D eigenvalue weighted by atomic mass is 10.1. The van der Waals surface area contributed by atoms with E-state index in [2.05, 4.69) is 29.4 Å². The molecule has 0 saturated heterocycles. The molecule has 0 amide bonds. The minimum Gasteiger partial charge on any atom is -0.318 e. The van der Waals surface area contributed by atoms with Crippen molar-refractivity contribution in [3.05, 3.63) is 47.8 Å². The van der Waals surface area contributed by atoms with Crippen LogP contribution in [0, 0.1) is 5.82 Å². The van der Waals surface area contributed by atoms with Crippen molar-refractivity contribution in [1.82, 2.24) is 20.1 Å². The van der Waals surface area contributed by atoms with Gasteiger partial charge >= 0.3 is 0 Å². The maximum atomic E-state index is 13.5. The summed E-state index contributed by atoms with van der Waals surface area (Å²) >= 11 is 0. The molecule has 2 rings (SSSR count). The van der Waals surface area contributed by atoms with E-state index in [0.29, 0.717) is 6.42 Å². The Morgan fingerprint density at radius 1 is 1.35 bits per heavy atom. The fraction of sp³-hybridized carbons (Fsp3) is 0.467. The van der Waals surface area contributed by atoms with E-state index in [1.165, 1.54) is 6.07 Å². The molecule has 0 spiro atoms. The standard InChI is InChI=1S/C15H21FN4/c1-3-20-11-18-19-15(20)8-9-17-12(2)10-13-6-4-5-7-14(13)16/h4-7,11-12,17H,3,8-10H2,1-2H3. The van der Waals surface area contributed by atoms with Crippen LogP contribution in [0.3, 0.4) is 0 Å². The normalized spacial score (nSPS) is 12.6. The van der Waals surface area contributed by atoms with E-state index < -0.39 is 0 Å². The Hall–Kier alpha value is -1.75. The van der Waals surface area contributed by atoms with Crippen molar-refractivity contribution in [3.63, 3.8) is 0 Å². The maximum absolute atomic E-state index is 13.5. The van der Waals surface area contributed by atoms with Gasteiger partial charge < -0.3 is 9.88 Å². The van der Waals surface area contributed by atoms with Crippen molar-refractivity contribution in [2.75, 3.05) is 6.54 Å². The Balaban J connectivity index is 1.78. The van der Waals surface area contributed by atoms with Crippen molar-refractivity contribution in [2.45, 2.75) is 39.3 Å². The van der Waals surface area contributed by atoms with Crippen molar-refractivity contribution in [1.29, 1.82) is 0 Å². The second-order valence-corrected chi connectivity index (χ2v) is 4.93. The fourth-order valence-corrected chi connectivity index (χ4v) is 2.23. The van der Waals surface area contributed by atoms with Crippen LogP contribution in [0.2, 0.25) is 0 Å². The summed E-state index contributed by atoms with van der Waals surface area (Å²) in [5, 5.41) is 11.4. The molecule has 4 nitrogen and oxygen atoms in total. The molecule has 0 aliphatic carbocycles. The first-order valence-electron chi connectivity index (χ1n) is 7.04. The summed E-state index contributed by atoms with van der Waals surface area (Å²) in [6.45, 7) is 5.83. The minimum absolute atomic E-state index is 0.133. The first-order chi connectivity index (χ1) is 9.70. The Bertz CT molecular complexity index is 538. The van der Waals surface area contributed by atoms with Gasteiger partial charge in [-0.15, -0.1) is 10.2 Å². The van der Waals surface area contributed by atoms with Gasteiger partial charge in [0.05, 0.1) is 0 Å². The van der Waals surface area contributed by atoms with Gasteiger partial charge in [0.1, 0.15) is 18.0 Å². The van der Waals surface area contributed by atoms with Gasteiger partial charge in [0.2, 0.25) is 0 Å². The number of nitrogens with one attached hydrogen (secondary N) is 1. The zero-order chi connectivity index (χ0) is 14.4. The zero-order valence-electron chi connectivity index (χ0n) is 12.0. The molecular weight excluding hydrogens is 255 g/mol. The van der Waals surface area contributed by atoms with E-state index in [9.17, 15) is 4.39 Å². The number of hydrogen-bond donors (Lipinski definition) is 1. The Morgan fingerprint density at radius 2 is 2.15 bits per heavy atom. The van der Waals surface area contributed by atoms with Crippen molar-refractivity contribution >= 4 is 0 Å². The SMILES string of the molecule is CCn1cnnc1CCNC(C)Cc1ccccc1F. The molecule has 0 saturated carbocycles. The molecule has 0 aliphatic rings. The highest BCUT2D eigenvalue weighted by Gasteiger charge is 2.08. The third-order valence-corrected chi connectivity index (χ3v) is 3.36. The monoisotopic (exact) mass is 276 g/mol. The Morgan fingerprint density at radius 3 is 2.90 bits per heavy atom. The Labute approximate surface area is 119 Å². The van der Waals surface area contributed by atoms with Crippen LogP contribution in [0.15, 0.2) is 30.6 Å². The molecule has 0 bridgehead atoms. The molecule has 1 heterocycles. The van der Waals surface area contributed by atoms with E-state index in [4.69, 9.17) is 0 Å². The second-order valence-electron chi connectivity index (χ2n) is 4.93. The van der Waals surface area contributed by atoms with E-state index >= 15 is 0 Å². The van der Waals surface area contributed by atoms with E-state index in [1.54, 1.807) is 12.4 Å². The van der Waals surface area contributed by atoms with E-state index in [0.717, 1.165) is 30.9 Å². The number of aryl methyl sites for hydroxylation is 1. The molecule has 1 atom stereocenters. The van der Waals surface area contributed by atoms with Crippen LogP contribution in [0.4, 0.5) is 4.39 Å². The van der Waals surface area contributed by atoms with Crippen LogP contribution in [-0.2, 0) is 19.4 Å². The highest BCUT2D eigenvalue weighted by molar-refractivity contribution is 5.18.